The Morgan fingerprint density at radius 1 is 1.44 bits per heavy atom. The van der Waals surface area contributed by atoms with E-state index in [-0.39, 0.29) is 18.3 Å². The van der Waals surface area contributed by atoms with Crippen molar-refractivity contribution in [2.45, 2.75) is 38.1 Å². The standard InChI is InChI=1S/C11H22N2OS.ClH/c1-15-7-6-11(14)13-10-5-3-2-4-9(10)8-12;/h9-10H,2-8,12H2,1H3,(H,13,14);1H. The van der Waals surface area contributed by atoms with Crippen molar-refractivity contribution in [2.75, 3.05) is 18.6 Å². The Hall–Kier alpha value is 0.0700. The molecule has 5 heteroatoms. The van der Waals surface area contributed by atoms with E-state index in [1.54, 1.807) is 11.8 Å². The van der Waals surface area contributed by atoms with Gasteiger partial charge in [-0.1, -0.05) is 12.8 Å². The van der Waals surface area contributed by atoms with Gasteiger partial charge in [0, 0.05) is 18.2 Å². The Morgan fingerprint density at radius 3 is 2.75 bits per heavy atom. The van der Waals surface area contributed by atoms with Crippen LogP contribution in [0, 0.1) is 5.92 Å². The van der Waals surface area contributed by atoms with Crippen molar-refractivity contribution in [1.29, 1.82) is 0 Å². The van der Waals surface area contributed by atoms with Gasteiger partial charge in [0.1, 0.15) is 0 Å². The van der Waals surface area contributed by atoms with Crippen LogP contribution in [0.25, 0.3) is 0 Å². The van der Waals surface area contributed by atoms with Crippen LogP contribution in [0.15, 0.2) is 0 Å². The van der Waals surface area contributed by atoms with E-state index in [1.165, 1.54) is 19.3 Å². The quantitative estimate of drug-likeness (QED) is 0.798. The average Bonchev–Trinajstić information content (AvgIpc) is 2.27. The second-order valence-electron chi connectivity index (χ2n) is 4.20. The lowest BCUT2D eigenvalue weighted by atomic mass is 9.84. The molecule has 1 saturated carbocycles. The lowest BCUT2D eigenvalue weighted by Crippen LogP contribution is -2.44. The topological polar surface area (TPSA) is 55.1 Å². The Labute approximate surface area is 109 Å². The Kier molecular flexibility index (Phi) is 9.18. The minimum absolute atomic E-state index is 0. The summed E-state index contributed by atoms with van der Waals surface area (Å²) < 4.78 is 0. The van der Waals surface area contributed by atoms with Crippen molar-refractivity contribution in [3.8, 4) is 0 Å². The van der Waals surface area contributed by atoms with Gasteiger partial charge in [0.15, 0.2) is 0 Å². The highest BCUT2D eigenvalue weighted by molar-refractivity contribution is 7.98. The summed E-state index contributed by atoms with van der Waals surface area (Å²) in [6.45, 7) is 0.702. The van der Waals surface area contributed by atoms with E-state index >= 15 is 0 Å². The normalized spacial score (nSPS) is 24.6. The summed E-state index contributed by atoms with van der Waals surface area (Å²) >= 11 is 1.71. The molecule has 1 aliphatic carbocycles. The van der Waals surface area contributed by atoms with Gasteiger partial charge in [0.05, 0.1) is 0 Å². The Balaban J connectivity index is 0.00000225. The molecule has 2 unspecified atom stereocenters. The molecular weight excluding hydrogens is 244 g/mol. The number of carbonyl (C=O) groups excluding carboxylic acids is 1. The van der Waals surface area contributed by atoms with Gasteiger partial charge in [-0.2, -0.15) is 11.8 Å². The number of halogens is 1. The highest BCUT2D eigenvalue weighted by atomic mass is 35.5. The molecule has 0 saturated heterocycles. The number of rotatable bonds is 5. The van der Waals surface area contributed by atoms with Gasteiger partial charge in [-0.3, -0.25) is 4.79 Å². The van der Waals surface area contributed by atoms with E-state index in [4.69, 9.17) is 5.73 Å². The van der Waals surface area contributed by atoms with Crippen LogP contribution in [-0.2, 0) is 4.79 Å². The number of nitrogens with one attached hydrogen (secondary N) is 1. The molecule has 1 fully saturated rings. The van der Waals surface area contributed by atoms with Crippen molar-refractivity contribution in [3.05, 3.63) is 0 Å². The SMILES string of the molecule is CSCCC(=O)NC1CCCCC1CN.Cl. The van der Waals surface area contributed by atoms with Crippen LogP contribution in [0.5, 0.6) is 0 Å². The van der Waals surface area contributed by atoms with Gasteiger partial charge >= 0.3 is 0 Å². The third kappa shape index (κ3) is 5.41. The molecule has 0 aromatic heterocycles. The fraction of sp³-hybridized carbons (Fsp3) is 0.909. The number of hydrogen-bond donors (Lipinski definition) is 2. The molecule has 0 spiro atoms. The summed E-state index contributed by atoms with van der Waals surface area (Å²) in [5.74, 6) is 1.60. The van der Waals surface area contributed by atoms with Gasteiger partial charge < -0.3 is 11.1 Å². The van der Waals surface area contributed by atoms with Crippen molar-refractivity contribution in [3.63, 3.8) is 0 Å². The molecule has 0 radical (unpaired) electrons. The summed E-state index contributed by atoms with van der Waals surface area (Å²) in [5.41, 5.74) is 5.71. The third-order valence-electron chi connectivity index (χ3n) is 3.09. The zero-order chi connectivity index (χ0) is 11.1. The Bertz CT molecular complexity index is 204. The number of thioether (sulfide) groups is 1. The molecule has 2 atom stereocenters. The highest BCUT2D eigenvalue weighted by Gasteiger charge is 2.24. The minimum atomic E-state index is 0. The van der Waals surface area contributed by atoms with Gasteiger partial charge in [-0.05, 0) is 31.6 Å². The molecule has 96 valence electrons. The number of amides is 1. The van der Waals surface area contributed by atoms with Crippen molar-refractivity contribution in [1.82, 2.24) is 5.32 Å². The van der Waals surface area contributed by atoms with Crippen LogP contribution < -0.4 is 11.1 Å². The maximum atomic E-state index is 11.6. The molecular formula is C11H23ClN2OS. The summed E-state index contributed by atoms with van der Waals surface area (Å²) in [5, 5.41) is 3.12. The number of carbonyl (C=O) groups is 1. The fourth-order valence-corrected chi connectivity index (χ4v) is 2.54. The van der Waals surface area contributed by atoms with E-state index < -0.39 is 0 Å². The summed E-state index contributed by atoms with van der Waals surface area (Å²) in [6, 6.07) is 0.332. The molecule has 1 aliphatic rings. The van der Waals surface area contributed by atoms with E-state index in [1.807, 2.05) is 6.26 Å². The van der Waals surface area contributed by atoms with Crippen molar-refractivity contribution >= 4 is 30.1 Å². The zero-order valence-corrected chi connectivity index (χ0v) is 11.5. The first-order valence-corrected chi connectivity index (χ1v) is 7.15. The molecule has 3 N–H and O–H groups in total. The second-order valence-corrected chi connectivity index (χ2v) is 5.18. The van der Waals surface area contributed by atoms with Gasteiger partial charge in [-0.25, -0.2) is 0 Å². The van der Waals surface area contributed by atoms with Gasteiger partial charge in [0.2, 0.25) is 5.91 Å². The lowest BCUT2D eigenvalue weighted by molar-refractivity contribution is -0.121. The molecule has 16 heavy (non-hydrogen) atoms. The first-order valence-electron chi connectivity index (χ1n) is 5.76. The van der Waals surface area contributed by atoms with Crippen molar-refractivity contribution in [2.24, 2.45) is 11.7 Å². The van der Waals surface area contributed by atoms with E-state index in [0.29, 0.717) is 24.9 Å². The largest absolute Gasteiger partial charge is 0.353 e. The molecule has 0 bridgehead atoms. The zero-order valence-electron chi connectivity index (χ0n) is 9.91. The molecule has 0 heterocycles. The molecule has 1 amide bonds. The summed E-state index contributed by atoms with van der Waals surface area (Å²) in [7, 11) is 0. The van der Waals surface area contributed by atoms with E-state index in [9.17, 15) is 4.79 Å². The molecule has 0 aromatic rings. The maximum Gasteiger partial charge on any atom is 0.221 e. The smallest absolute Gasteiger partial charge is 0.221 e. The van der Waals surface area contributed by atoms with Crippen LogP contribution in [-0.4, -0.2) is 30.5 Å². The van der Waals surface area contributed by atoms with Crippen LogP contribution in [0.4, 0.5) is 0 Å². The van der Waals surface area contributed by atoms with Crippen molar-refractivity contribution < 1.29 is 4.79 Å². The van der Waals surface area contributed by atoms with E-state index in [0.717, 1.165) is 12.2 Å². The molecule has 3 nitrogen and oxygen atoms in total. The predicted octanol–water partition coefficient (Wildman–Crippen LogP) is 1.79. The number of hydrogen-bond acceptors (Lipinski definition) is 3. The minimum Gasteiger partial charge on any atom is -0.353 e. The van der Waals surface area contributed by atoms with Gasteiger partial charge in [0.25, 0.3) is 0 Å². The highest BCUT2D eigenvalue weighted by Crippen LogP contribution is 2.23. The van der Waals surface area contributed by atoms with Crippen LogP contribution in [0.3, 0.4) is 0 Å². The Morgan fingerprint density at radius 2 is 2.12 bits per heavy atom. The lowest BCUT2D eigenvalue weighted by Gasteiger charge is -2.31. The maximum absolute atomic E-state index is 11.6. The second kappa shape index (κ2) is 9.14. The van der Waals surface area contributed by atoms with Crippen LogP contribution in [0.1, 0.15) is 32.1 Å². The third-order valence-corrected chi connectivity index (χ3v) is 3.70. The molecule has 1 rings (SSSR count). The number of nitrogens with two attached hydrogens (primary N) is 1. The average molecular weight is 267 g/mol. The van der Waals surface area contributed by atoms with Crippen LogP contribution in [0.2, 0.25) is 0 Å². The first kappa shape index (κ1) is 16.1. The monoisotopic (exact) mass is 266 g/mol. The summed E-state index contributed by atoms with van der Waals surface area (Å²) in [4.78, 5) is 11.6. The first-order chi connectivity index (χ1) is 7.27. The van der Waals surface area contributed by atoms with E-state index in [2.05, 4.69) is 5.32 Å². The predicted molar refractivity (Wildman–Crippen MR) is 73.2 cm³/mol. The fourth-order valence-electron chi connectivity index (χ4n) is 2.15. The van der Waals surface area contributed by atoms with Crippen LogP contribution >= 0.6 is 24.2 Å². The molecule has 0 aromatic carbocycles. The summed E-state index contributed by atoms with van der Waals surface area (Å²) in [6.07, 6.45) is 7.42. The molecule has 0 aliphatic heterocycles. The van der Waals surface area contributed by atoms with Gasteiger partial charge in [-0.15, -0.1) is 12.4 Å².